The topological polar surface area (TPSA) is 58.6 Å². The van der Waals surface area contributed by atoms with Crippen molar-refractivity contribution in [2.24, 2.45) is 11.3 Å². The Morgan fingerprint density at radius 2 is 1.69 bits per heavy atom. The zero-order chi connectivity index (χ0) is 20.4. The molecule has 1 spiro atoms. The number of amides is 2. The molecule has 4 rings (SSSR count). The Kier molecular flexibility index (Phi) is 5.95. The van der Waals surface area contributed by atoms with E-state index in [1.807, 2.05) is 30.9 Å². The second-order valence-corrected chi connectivity index (χ2v) is 9.43. The summed E-state index contributed by atoms with van der Waals surface area (Å²) in [4.78, 5) is 28.5. The van der Waals surface area contributed by atoms with Crippen LogP contribution in [-0.4, -0.2) is 49.1 Å². The van der Waals surface area contributed by atoms with Crippen LogP contribution < -0.4 is 5.32 Å². The number of benzene rings is 1. The Hall–Kier alpha value is -1.88. The molecule has 1 aromatic carbocycles. The molecule has 2 heterocycles. The number of hydrogen-bond acceptors (Lipinski definition) is 3. The van der Waals surface area contributed by atoms with Crippen molar-refractivity contribution in [2.75, 3.05) is 26.3 Å². The van der Waals surface area contributed by atoms with Gasteiger partial charge in [-0.25, -0.2) is 0 Å². The molecule has 158 valence electrons. The number of carbonyl (C=O) groups is 2. The summed E-state index contributed by atoms with van der Waals surface area (Å²) in [5.74, 6) is 0.0633. The zero-order valence-electron chi connectivity index (χ0n) is 17.8. The van der Waals surface area contributed by atoms with E-state index >= 15 is 0 Å². The van der Waals surface area contributed by atoms with Gasteiger partial charge >= 0.3 is 0 Å². The predicted molar refractivity (Wildman–Crippen MR) is 113 cm³/mol. The van der Waals surface area contributed by atoms with Crippen LogP contribution in [0.15, 0.2) is 18.2 Å². The monoisotopic (exact) mass is 398 g/mol. The summed E-state index contributed by atoms with van der Waals surface area (Å²) < 4.78 is 5.61. The van der Waals surface area contributed by atoms with Crippen molar-refractivity contribution in [2.45, 2.75) is 64.8 Å². The first kappa shape index (κ1) is 20.4. The lowest BCUT2D eigenvalue weighted by atomic mass is 9.71. The van der Waals surface area contributed by atoms with Crippen LogP contribution in [0.4, 0.5) is 0 Å². The van der Waals surface area contributed by atoms with E-state index in [1.54, 1.807) is 0 Å². The molecule has 1 N–H and O–H groups in total. The number of ether oxygens (including phenoxy) is 1. The van der Waals surface area contributed by atoms with E-state index in [-0.39, 0.29) is 23.1 Å². The van der Waals surface area contributed by atoms with Crippen LogP contribution in [0.1, 0.15) is 66.4 Å². The molecular weight excluding hydrogens is 364 g/mol. The highest BCUT2D eigenvalue weighted by Gasteiger charge is 2.52. The zero-order valence-corrected chi connectivity index (χ0v) is 17.8. The van der Waals surface area contributed by atoms with Gasteiger partial charge in [0.25, 0.3) is 5.91 Å². The van der Waals surface area contributed by atoms with Gasteiger partial charge in [-0.1, -0.05) is 36.5 Å². The maximum atomic E-state index is 13.3. The van der Waals surface area contributed by atoms with Gasteiger partial charge in [0.1, 0.15) is 0 Å². The summed E-state index contributed by atoms with van der Waals surface area (Å²) in [5, 5.41) is 3.33. The average Bonchev–Trinajstić information content (AvgIpc) is 3.06. The minimum absolute atomic E-state index is 0.0515. The van der Waals surface area contributed by atoms with E-state index in [1.165, 1.54) is 19.3 Å². The lowest BCUT2D eigenvalue weighted by Gasteiger charge is -2.37. The molecule has 0 bridgehead atoms. The van der Waals surface area contributed by atoms with E-state index in [0.717, 1.165) is 42.4 Å². The van der Waals surface area contributed by atoms with Crippen molar-refractivity contribution in [1.82, 2.24) is 10.2 Å². The maximum Gasteiger partial charge on any atom is 0.253 e. The molecule has 3 aliphatic rings. The van der Waals surface area contributed by atoms with Crippen LogP contribution in [0.25, 0.3) is 0 Å². The van der Waals surface area contributed by atoms with Crippen molar-refractivity contribution in [1.29, 1.82) is 0 Å². The summed E-state index contributed by atoms with van der Waals surface area (Å²) in [6.07, 6.45) is 7.55. The summed E-state index contributed by atoms with van der Waals surface area (Å²) >= 11 is 0. The molecule has 2 aliphatic heterocycles. The highest BCUT2D eigenvalue weighted by molar-refractivity contribution is 5.95. The van der Waals surface area contributed by atoms with Crippen LogP contribution >= 0.6 is 0 Å². The highest BCUT2D eigenvalue weighted by Crippen LogP contribution is 2.45. The quantitative estimate of drug-likeness (QED) is 0.846. The molecule has 5 nitrogen and oxygen atoms in total. The van der Waals surface area contributed by atoms with E-state index in [9.17, 15) is 9.59 Å². The number of nitrogens with zero attached hydrogens (tertiary/aromatic N) is 1. The third-order valence-corrected chi connectivity index (χ3v) is 7.16. The van der Waals surface area contributed by atoms with Crippen LogP contribution in [0.5, 0.6) is 0 Å². The predicted octanol–water partition coefficient (Wildman–Crippen LogP) is 3.62. The molecule has 0 aromatic heterocycles. The minimum Gasteiger partial charge on any atom is -0.381 e. The Labute approximate surface area is 174 Å². The van der Waals surface area contributed by atoms with E-state index in [0.29, 0.717) is 32.3 Å². The Morgan fingerprint density at radius 1 is 1.03 bits per heavy atom. The fourth-order valence-electron chi connectivity index (χ4n) is 5.60. The Balaban J connectivity index is 1.53. The van der Waals surface area contributed by atoms with Crippen LogP contribution in [0.2, 0.25) is 0 Å². The van der Waals surface area contributed by atoms with Gasteiger partial charge in [0.2, 0.25) is 5.91 Å². The number of aryl methyl sites for hydroxylation is 2. The molecule has 2 amide bonds. The number of rotatable bonds is 3. The van der Waals surface area contributed by atoms with Crippen LogP contribution in [0, 0.1) is 25.2 Å². The number of hydrogen-bond donors (Lipinski definition) is 1. The lowest BCUT2D eigenvalue weighted by molar-refractivity contribution is -0.130. The third-order valence-electron chi connectivity index (χ3n) is 7.16. The summed E-state index contributed by atoms with van der Waals surface area (Å²) in [6.45, 7) is 6.58. The fourth-order valence-corrected chi connectivity index (χ4v) is 5.60. The van der Waals surface area contributed by atoms with E-state index in [2.05, 4.69) is 11.4 Å². The first-order valence-electron chi connectivity index (χ1n) is 11.2. The molecule has 3 fully saturated rings. The van der Waals surface area contributed by atoms with Gasteiger partial charge in [0.15, 0.2) is 0 Å². The Morgan fingerprint density at radius 3 is 2.34 bits per heavy atom. The second-order valence-electron chi connectivity index (χ2n) is 9.43. The SMILES string of the molecule is Cc1cc(C)cc(C(=O)N2CC(C(=O)NC3CCCCC3)C3(CCOCC3)C2)c1. The molecule has 0 radical (unpaired) electrons. The van der Waals surface area contributed by atoms with E-state index in [4.69, 9.17) is 4.74 Å². The number of likely N-dealkylation sites (tertiary alicyclic amines) is 1. The third kappa shape index (κ3) is 4.35. The van der Waals surface area contributed by atoms with Gasteiger partial charge in [0.05, 0.1) is 5.92 Å². The normalized spacial score (nSPS) is 24.6. The van der Waals surface area contributed by atoms with Crippen molar-refractivity contribution < 1.29 is 14.3 Å². The lowest BCUT2D eigenvalue weighted by Crippen LogP contribution is -2.47. The van der Waals surface area contributed by atoms with Crippen molar-refractivity contribution in [3.05, 3.63) is 34.9 Å². The summed E-state index contributed by atoms with van der Waals surface area (Å²) in [6, 6.07) is 6.31. The van der Waals surface area contributed by atoms with Gasteiger partial charge < -0.3 is 15.0 Å². The van der Waals surface area contributed by atoms with Gasteiger partial charge in [-0.05, 0) is 51.7 Å². The molecule has 1 aromatic rings. The van der Waals surface area contributed by atoms with Gasteiger partial charge in [-0.15, -0.1) is 0 Å². The standard InChI is InChI=1S/C24H34N2O3/c1-17-12-18(2)14-19(13-17)23(28)26-15-21(24(16-26)8-10-29-11-9-24)22(27)25-20-6-4-3-5-7-20/h12-14,20-21H,3-11,15-16H2,1-2H3,(H,25,27). The van der Waals surface area contributed by atoms with Crippen molar-refractivity contribution >= 4 is 11.8 Å². The maximum absolute atomic E-state index is 13.3. The van der Waals surface area contributed by atoms with Crippen molar-refractivity contribution in [3.63, 3.8) is 0 Å². The van der Waals surface area contributed by atoms with E-state index < -0.39 is 0 Å². The van der Waals surface area contributed by atoms with Gasteiger partial charge in [-0.2, -0.15) is 0 Å². The second kappa shape index (κ2) is 8.47. The molecule has 1 saturated carbocycles. The summed E-state index contributed by atoms with van der Waals surface area (Å²) in [5.41, 5.74) is 2.78. The van der Waals surface area contributed by atoms with Crippen LogP contribution in [0.3, 0.4) is 0 Å². The molecule has 1 atom stereocenters. The van der Waals surface area contributed by atoms with Crippen LogP contribution in [-0.2, 0) is 9.53 Å². The molecule has 29 heavy (non-hydrogen) atoms. The smallest absolute Gasteiger partial charge is 0.253 e. The number of carbonyl (C=O) groups excluding carboxylic acids is 2. The average molecular weight is 399 g/mol. The van der Waals surface area contributed by atoms with Crippen molar-refractivity contribution in [3.8, 4) is 0 Å². The first-order valence-corrected chi connectivity index (χ1v) is 11.2. The molecule has 5 heteroatoms. The summed E-state index contributed by atoms with van der Waals surface area (Å²) in [7, 11) is 0. The highest BCUT2D eigenvalue weighted by atomic mass is 16.5. The minimum atomic E-state index is -0.147. The largest absolute Gasteiger partial charge is 0.381 e. The fraction of sp³-hybridized carbons (Fsp3) is 0.667. The molecular formula is C24H34N2O3. The molecule has 1 aliphatic carbocycles. The molecule has 1 unspecified atom stereocenters. The van der Waals surface area contributed by atoms with Gasteiger partial charge in [-0.3, -0.25) is 9.59 Å². The van der Waals surface area contributed by atoms with Gasteiger partial charge in [0, 0.05) is 43.3 Å². The number of nitrogens with one attached hydrogen (secondary N) is 1. The molecule has 2 saturated heterocycles. The Bertz CT molecular complexity index is 743. The first-order chi connectivity index (χ1) is 14.0.